The number of hydrogen-bond donors (Lipinski definition) is 2. The number of halogens is 1. The van der Waals surface area contributed by atoms with Crippen LogP contribution in [0.4, 0.5) is 0 Å². The van der Waals surface area contributed by atoms with E-state index in [1.54, 1.807) is 9.96 Å². The maximum atomic E-state index is 15.0. The molecule has 4 heterocycles. The SMILES string of the molecule is CCCCCC1(CCCCC)OC2C3CC4(C(=O)N5CCCC5C(=O)NCCO)C(ON(Cc5ccc(I)cc5)C4C(=O)O3)C2O1. The van der Waals surface area contributed by atoms with Crippen LogP contribution in [0.25, 0.3) is 0 Å². The molecule has 1 saturated carbocycles. The number of esters is 1. The summed E-state index contributed by atoms with van der Waals surface area (Å²) in [5.74, 6) is -1.91. The Morgan fingerprint density at radius 1 is 1.04 bits per heavy atom. The standard InChI is InChI=1S/C34H48IN3O8/c1-3-5-7-15-33(16-8-6-4-2)44-26-25-20-34(32(42)37-18-9-10-24(37)30(40)36-17-19-39)28(31(41)43-25)38(46-29(34)27(26)45-33)21-22-11-13-23(35)14-12-22/h11-14,24-29,39H,3-10,15-21H2,1-2H3,(H,36,40). The van der Waals surface area contributed by atoms with Crippen molar-refractivity contribution in [3.63, 3.8) is 0 Å². The normalized spacial score (nSPS) is 32.8. The highest BCUT2D eigenvalue weighted by atomic mass is 127. The van der Waals surface area contributed by atoms with Crippen molar-refractivity contribution in [1.29, 1.82) is 0 Å². The summed E-state index contributed by atoms with van der Waals surface area (Å²) in [6.07, 6.45) is 6.37. The van der Waals surface area contributed by atoms with Crippen molar-refractivity contribution in [1.82, 2.24) is 15.3 Å². The average Bonchev–Trinajstić information content (AvgIpc) is 3.77. The van der Waals surface area contributed by atoms with Gasteiger partial charge in [0.05, 0.1) is 13.2 Å². The van der Waals surface area contributed by atoms with Crippen LogP contribution in [0.1, 0.15) is 90.0 Å². The minimum absolute atomic E-state index is 0.113. The van der Waals surface area contributed by atoms with Gasteiger partial charge in [0.2, 0.25) is 11.8 Å². The van der Waals surface area contributed by atoms with Crippen molar-refractivity contribution in [3.05, 3.63) is 33.4 Å². The molecule has 0 spiro atoms. The molecule has 6 rings (SSSR count). The van der Waals surface area contributed by atoms with Gasteiger partial charge < -0.3 is 29.5 Å². The van der Waals surface area contributed by atoms with Gasteiger partial charge >= 0.3 is 5.97 Å². The maximum absolute atomic E-state index is 15.0. The molecule has 2 N–H and O–H groups in total. The number of aliphatic hydroxyl groups excluding tert-OH is 1. The van der Waals surface area contributed by atoms with E-state index in [-0.39, 0.29) is 37.9 Å². The van der Waals surface area contributed by atoms with E-state index in [2.05, 4.69) is 41.8 Å². The van der Waals surface area contributed by atoms with Gasteiger partial charge in [-0.3, -0.25) is 19.2 Å². The Morgan fingerprint density at radius 2 is 1.74 bits per heavy atom. The van der Waals surface area contributed by atoms with E-state index in [1.807, 2.05) is 24.3 Å². The van der Waals surface area contributed by atoms with Gasteiger partial charge in [0.1, 0.15) is 35.9 Å². The van der Waals surface area contributed by atoms with Crippen molar-refractivity contribution in [2.45, 2.75) is 133 Å². The molecule has 46 heavy (non-hydrogen) atoms. The Kier molecular flexibility index (Phi) is 10.6. The topological polar surface area (TPSA) is 127 Å². The summed E-state index contributed by atoms with van der Waals surface area (Å²) in [6, 6.07) is 6.30. The third kappa shape index (κ3) is 6.22. The van der Waals surface area contributed by atoms with Crippen molar-refractivity contribution in [2.75, 3.05) is 19.7 Å². The number of unbranched alkanes of at least 4 members (excludes halogenated alkanes) is 4. The number of nitrogens with zero attached hydrogens (tertiary/aromatic N) is 2. The van der Waals surface area contributed by atoms with E-state index in [4.69, 9.17) is 19.0 Å². The largest absolute Gasteiger partial charge is 0.458 e. The van der Waals surface area contributed by atoms with Crippen LogP contribution in [-0.2, 0) is 40.0 Å². The van der Waals surface area contributed by atoms with Gasteiger partial charge in [-0.05, 0) is 66.0 Å². The van der Waals surface area contributed by atoms with Crippen molar-refractivity contribution in [3.8, 4) is 0 Å². The molecule has 5 fully saturated rings. The minimum atomic E-state index is -1.31. The number of aliphatic hydroxyl groups is 1. The first-order valence-electron chi connectivity index (χ1n) is 17.2. The van der Waals surface area contributed by atoms with E-state index in [1.165, 1.54) is 0 Å². The van der Waals surface area contributed by atoms with Crippen LogP contribution < -0.4 is 5.32 Å². The molecule has 5 aliphatic rings. The summed E-state index contributed by atoms with van der Waals surface area (Å²) in [5, 5.41) is 13.7. The van der Waals surface area contributed by atoms with Gasteiger partial charge in [-0.25, -0.2) is 0 Å². The first-order chi connectivity index (χ1) is 22.3. The number of nitrogens with one attached hydrogen (secondary N) is 1. The Labute approximate surface area is 285 Å². The van der Waals surface area contributed by atoms with Crippen LogP contribution in [0.3, 0.4) is 0 Å². The fraction of sp³-hybridized carbons (Fsp3) is 0.735. The second kappa shape index (κ2) is 14.3. The van der Waals surface area contributed by atoms with E-state index in [9.17, 15) is 14.7 Å². The second-order valence-corrected chi connectivity index (χ2v) is 14.8. The number of likely N-dealkylation sites (tertiary alicyclic amines) is 1. The third-order valence-electron chi connectivity index (χ3n) is 10.5. The number of carbonyl (C=O) groups excluding carboxylic acids is 3. The number of amides is 2. The Bertz CT molecular complexity index is 1260. The third-order valence-corrected chi connectivity index (χ3v) is 11.2. The predicted octanol–water partition coefficient (Wildman–Crippen LogP) is 3.83. The predicted molar refractivity (Wildman–Crippen MR) is 176 cm³/mol. The molecular formula is C34H48IN3O8. The molecule has 7 unspecified atom stereocenters. The Morgan fingerprint density at radius 3 is 2.41 bits per heavy atom. The molecule has 0 radical (unpaired) electrons. The number of carbonyl (C=O) groups is 3. The maximum Gasteiger partial charge on any atom is 0.327 e. The fourth-order valence-corrected chi connectivity index (χ4v) is 8.65. The minimum Gasteiger partial charge on any atom is -0.458 e. The summed E-state index contributed by atoms with van der Waals surface area (Å²) in [6.45, 7) is 4.95. The summed E-state index contributed by atoms with van der Waals surface area (Å²) < 4.78 is 21.1. The van der Waals surface area contributed by atoms with Crippen LogP contribution in [0.2, 0.25) is 0 Å². The van der Waals surface area contributed by atoms with Gasteiger partial charge in [-0.15, -0.1) is 0 Å². The molecule has 2 amide bonds. The van der Waals surface area contributed by atoms with Gasteiger partial charge in [-0.1, -0.05) is 51.7 Å². The summed E-state index contributed by atoms with van der Waals surface area (Å²) in [4.78, 5) is 50.6. The zero-order valence-corrected chi connectivity index (χ0v) is 29.1. The number of hydroxylamine groups is 2. The molecule has 1 aliphatic carbocycles. The number of ether oxygens (including phenoxy) is 3. The summed E-state index contributed by atoms with van der Waals surface area (Å²) >= 11 is 2.25. The number of rotatable bonds is 14. The lowest BCUT2D eigenvalue weighted by Crippen LogP contribution is -2.70. The van der Waals surface area contributed by atoms with Gasteiger partial charge in [0.25, 0.3) is 0 Å². The molecule has 12 heteroatoms. The zero-order chi connectivity index (χ0) is 32.5. The van der Waals surface area contributed by atoms with Crippen LogP contribution in [-0.4, -0.2) is 94.8 Å². The smallest absolute Gasteiger partial charge is 0.327 e. The molecule has 4 saturated heterocycles. The highest BCUT2D eigenvalue weighted by Crippen LogP contribution is 2.59. The Balaban J connectivity index is 1.37. The first kappa shape index (κ1) is 34.0. The zero-order valence-electron chi connectivity index (χ0n) is 27.0. The van der Waals surface area contributed by atoms with E-state index < -0.39 is 53.7 Å². The van der Waals surface area contributed by atoms with Crippen molar-refractivity contribution < 1.29 is 38.5 Å². The Hall–Kier alpha value is -1.84. The lowest BCUT2D eigenvalue weighted by atomic mass is 9.62. The van der Waals surface area contributed by atoms with E-state index in [0.29, 0.717) is 19.4 Å². The number of benzene rings is 1. The monoisotopic (exact) mass is 753 g/mol. The second-order valence-electron chi connectivity index (χ2n) is 13.5. The van der Waals surface area contributed by atoms with Crippen LogP contribution in [0, 0.1) is 8.99 Å². The molecule has 254 valence electrons. The lowest BCUT2D eigenvalue weighted by molar-refractivity contribution is -0.225. The molecule has 7 atom stereocenters. The van der Waals surface area contributed by atoms with Crippen molar-refractivity contribution >= 4 is 40.4 Å². The lowest BCUT2D eigenvalue weighted by Gasteiger charge is -2.50. The molecule has 1 aromatic rings. The summed E-state index contributed by atoms with van der Waals surface area (Å²) in [7, 11) is 0. The van der Waals surface area contributed by atoms with Gasteiger partial charge in [0.15, 0.2) is 11.8 Å². The van der Waals surface area contributed by atoms with Crippen LogP contribution in [0.5, 0.6) is 0 Å². The number of fused-ring (bicyclic) bond motifs is 4. The number of hydrogen-bond acceptors (Lipinski definition) is 9. The average molecular weight is 754 g/mol. The van der Waals surface area contributed by atoms with Gasteiger partial charge in [-0.2, -0.15) is 5.06 Å². The highest BCUT2D eigenvalue weighted by molar-refractivity contribution is 14.1. The van der Waals surface area contributed by atoms with Crippen LogP contribution in [0.15, 0.2) is 24.3 Å². The van der Waals surface area contributed by atoms with E-state index >= 15 is 4.79 Å². The highest BCUT2D eigenvalue weighted by Gasteiger charge is 2.77. The van der Waals surface area contributed by atoms with Crippen molar-refractivity contribution in [2.24, 2.45) is 5.41 Å². The summed E-state index contributed by atoms with van der Waals surface area (Å²) in [5.41, 5.74) is -0.371. The molecule has 4 aliphatic heterocycles. The quantitative estimate of drug-likeness (QED) is 0.166. The molecule has 2 bridgehead atoms. The molecule has 1 aromatic carbocycles. The van der Waals surface area contributed by atoms with Crippen LogP contribution >= 0.6 is 22.6 Å². The fourth-order valence-electron chi connectivity index (χ4n) is 8.29. The van der Waals surface area contributed by atoms with Gasteiger partial charge in [0, 0.05) is 35.9 Å². The molecule has 11 nitrogen and oxygen atoms in total. The molecule has 0 aromatic heterocycles. The molecular weight excluding hydrogens is 705 g/mol. The van der Waals surface area contributed by atoms with E-state index in [0.717, 1.165) is 60.5 Å². The first-order valence-corrected chi connectivity index (χ1v) is 18.3.